The van der Waals surface area contributed by atoms with E-state index in [0.29, 0.717) is 26.0 Å². The summed E-state index contributed by atoms with van der Waals surface area (Å²) < 4.78 is 16.3. The van der Waals surface area contributed by atoms with Crippen LogP contribution in [0.3, 0.4) is 0 Å². The van der Waals surface area contributed by atoms with Gasteiger partial charge in [-0.25, -0.2) is 4.79 Å². The highest BCUT2D eigenvalue weighted by Gasteiger charge is 2.17. The second-order valence-corrected chi connectivity index (χ2v) is 12.6. The van der Waals surface area contributed by atoms with Gasteiger partial charge in [0, 0.05) is 19.4 Å². The van der Waals surface area contributed by atoms with Crippen LogP contribution < -0.4 is 0 Å². The molecule has 1 unspecified atom stereocenters. The van der Waals surface area contributed by atoms with E-state index in [4.69, 9.17) is 14.2 Å². The topological polar surface area (TPSA) is 65.1 Å². The summed E-state index contributed by atoms with van der Waals surface area (Å²) in [6.07, 6.45) is 35.5. The van der Waals surface area contributed by atoms with E-state index in [1.165, 1.54) is 89.9 Å². The minimum atomic E-state index is -0.625. The largest absolute Gasteiger partial charge is 0.508 e. The Balaban J connectivity index is 4.03. The highest BCUT2D eigenvalue weighted by atomic mass is 16.7. The summed E-state index contributed by atoms with van der Waals surface area (Å²) in [5.74, 6) is -0.151. The van der Waals surface area contributed by atoms with E-state index in [-0.39, 0.29) is 18.7 Å². The molecule has 0 saturated carbocycles. The molecule has 0 aliphatic rings. The number of unbranched alkanes of at least 4 members (excludes halogenated alkanes) is 17. The van der Waals surface area contributed by atoms with Crippen molar-refractivity contribution in [2.75, 3.05) is 33.9 Å². The molecule has 44 heavy (non-hydrogen) atoms. The molecule has 0 aromatic heterocycles. The number of rotatable bonds is 32. The van der Waals surface area contributed by atoms with Gasteiger partial charge in [-0.15, -0.1) is 0 Å². The van der Waals surface area contributed by atoms with Crippen molar-refractivity contribution in [2.45, 2.75) is 174 Å². The molecule has 0 rings (SSSR count). The molecule has 0 aromatic carbocycles. The quantitative estimate of drug-likeness (QED) is 0.0423. The maximum atomic E-state index is 12.3. The lowest BCUT2D eigenvalue weighted by Crippen LogP contribution is -2.25. The van der Waals surface area contributed by atoms with Crippen LogP contribution in [0.4, 0.5) is 4.79 Å². The van der Waals surface area contributed by atoms with Gasteiger partial charge in [0.15, 0.2) is 0 Å². The van der Waals surface area contributed by atoms with Crippen LogP contribution in [0.15, 0.2) is 24.3 Å². The molecule has 258 valence electrons. The molecule has 0 N–H and O–H groups in total. The summed E-state index contributed by atoms with van der Waals surface area (Å²) in [6.45, 7) is 5.74. The molecular weight excluding hydrogens is 550 g/mol. The number of likely N-dealkylation sites (N-methyl/N-ethyl adjacent to an activating group) is 1. The van der Waals surface area contributed by atoms with Crippen LogP contribution in [0.1, 0.15) is 168 Å². The minimum Gasteiger partial charge on any atom is -0.466 e. The van der Waals surface area contributed by atoms with Crippen molar-refractivity contribution in [3.05, 3.63) is 24.3 Å². The van der Waals surface area contributed by atoms with Crippen LogP contribution >= 0.6 is 0 Å². The summed E-state index contributed by atoms with van der Waals surface area (Å²) in [5.41, 5.74) is 0. The summed E-state index contributed by atoms with van der Waals surface area (Å²) in [6, 6.07) is 0. The average molecular weight is 622 g/mol. The Kier molecular flexibility index (Phi) is 32.7. The van der Waals surface area contributed by atoms with Crippen LogP contribution in [0.5, 0.6) is 0 Å². The third-order valence-corrected chi connectivity index (χ3v) is 7.94. The zero-order valence-corrected chi connectivity index (χ0v) is 29.5. The zero-order valence-electron chi connectivity index (χ0n) is 29.5. The highest BCUT2D eigenvalue weighted by Crippen LogP contribution is 2.16. The lowest BCUT2D eigenvalue weighted by molar-refractivity contribution is -0.144. The van der Waals surface area contributed by atoms with Crippen molar-refractivity contribution < 1.29 is 23.8 Å². The van der Waals surface area contributed by atoms with Crippen molar-refractivity contribution in [3.63, 3.8) is 0 Å². The van der Waals surface area contributed by atoms with Gasteiger partial charge in [-0.1, -0.05) is 128 Å². The van der Waals surface area contributed by atoms with Crippen molar-refractivity contribution in [1.82, 2.24) is 4.90 Å². The smallest absolute Gasteiger partial charge is 0.466 e. The number of carbonyl (C=O) groups excluding carboxylic acids is 2. The lowest BCUT2D eigenvalue weighted by atomic mass is 10.0. The molecule has 6 heteroatoms. The summed E-state index contributed by atoms with van der Waals surface area (Å²) in [7, 11) is 3.87. The fourth-order valence-electron chi connectivity index (χ4n) is 5.06. The Labute approximate surface area is 272 Å². The van der Waals surface area contributed by atoms with Gasteiger partial charge >= 0.3 is 12.1 Å². The fourth-order valence-corrected chi connectivity index (χ4v) is 5.06. The fraction of sp³-hybridized carbons (Fsp3) is 0.842. The van der Waals surface area contributed by atoms with Crippen LogP contribution in [-0.2, 0) is 19.0 Å². The monoisotopic (exact) mass is 622 g/mol. The Hall–Kier alpha value is -1.82. The molecule has 6 nitrogen and oxygen atoms in total. The van der Waals surface area contributed by atoms with Gasteiger partial charge in [0.25, 0.3) is 0 Å². The van der Waals surface area contributed by atoms with E-state index in [9.17, 15) is 9.59 Å². The standard InChI is InChI=1S/C38H71NO5/c1-5-7-9-11-13-15-17-18-19-20-21-23-25-27-29-31-37(40)42-34-32-36(44-38(41)43-35-33-39(3)4)30-28-26-24-22-16-14-12-10-8-6-2/h13,15,18-19,36H,5-12,14,16-17,20-35H2,1-4H3/b15-13+,19-18+. The molecular formula is C38H71NO5. The summed E-state index contributed by atoms with van der Waals surface area (Å²) in [5, 5.41) is 0. The molecule has 0 aliphatic heterocycles. The maximum Gasteiger partial charge on any atom is 0.508 e. The van der Waals surface area contributed by atoms with Gasteiger partial charge in [0.2, 0.25) is 0 Å². The zero-order chi connectivity index (χ0) is 32.4. The summed E-state index contributed by atoms with van der Waals surface area (Å²) in [4.78, 5) is 26.4. The van der Waals surface area contributed by atoms with Crippen molar-refractivity contribution in [1.29, 1.82) is 0 Å². The second-order valence-electron chi connectivity index (χ2n) is 12.6. The number of hydrogen-bond acceptors (Lipinski definition) is 6. The highest BCUT2D eigenvalue weighted by molar-refractivity contribution is 5.69. The summed E-state index contributed by atoms with van der Waals surface area (Å²) >= 11 is 0. The van der Waals surface area contributed by atoms with Crippen LogP contribution in [0, 0.1) is 0 Å². The Morgan fingerprint density at radius 1 is 0.591 bits per heavy atom. The van der Waals surface area contributed by atoms with Gasteiger partial charge < -0.3 is 19.1 Å². The van der Waals surface area contributed by atoms with Gasteiger partial charge in [-0.3, -0.25) is 4.79 Å². The number of esters is 1. The first-order valence-corrected chi connectivity index (χ1v) is 18.4. The third kappa shape index (κ3) is 33.1. The lowest BCUT2D eigenvalue weighted by Gasteiger charge is -2.18. The van der Waals surface area contributed by atoms with E-state index in [1.54, 1.807) is 0 Å². The molecule has 0 aromatic rings. The predicted octanol–water partition coefficient (Wildman–Crippen LogP) is 11.1. The predicted molar refractivity (Wildman–Crippen MR) is 186 cm³/mol. The molecule has 1 atom stereocenters. The van der Waals surface area contributed by atoms with Gasteiger partial charge in [-0.05, 0) is 65.5 Å². The molecule has 0 aliphatic carbocycles. The Morgan fingerprint density at radius 3 is 1.73 bits per heavy atom. The average Bonchev–Trinajstić information content (AvgIpc) is 2.99. The van der Waals surface area contributed by atoms with Crippen LogP contribution in [0.2, 0.25) is 0 Å². The molecule has 0 spiro atoms. The van der Waals surface area contributed by atoms with E-state index in [0.717, 1.165) is 51.4 Å². The first-order valence-electron chi connectivity index (χ1n) is 18.4. The Morgan fingerprint density at radius 2 is 1.11 bits per heavy atom. The molecule has 0 radical (unpaired) electrons. The van der Waals surface area contributed by atoms with Gasteiger partial charge in [0.1, 0.15) is 12.7 Å². The van der Waals surface area contributed by atoms with Crippen molar-refractivity contribution in [3.8, 4) is 0 Å². The molecule has 0 bridgehead atoms. The molecule has 0 saturated heterocycles. The SMILES string of the molecule is CCCCC/C=C/C/C=C/CCCCCCCC(=O)OCCC(CCCCCCCCCCCC)OC(=O)OCCN(C)C. The number of carbonyl (C=O) groups is 2. The van der Waals surface area contributed by atoms with E-state index < -0.39 is 6.16 Å². The number of hydrogen-bond donors (Lipinski definition) is 0. The minimum absolute atomic E-state index is 0.151. The van der Waals surface area contributed by atoms with E-state index in [2.05, 4.69) is 38.2 Å². The van der Waals surface area contributed by atoms with E-state index in [1.807, 2.05) is 19.0 Å². The maximum absolute atomic E-state index is 12.3. The normalized spacial score (nSPS) is 12.4. The van der Waals surface area contributed by atoms with E-state index >= 15 is 0 Å². The van der Waals surface area contributed by atoms with Crippen molar-refractivity contribution in [2.24, 2.45) is 0 Å². The van der Waals surface area contributed by atoms with Gasteiger partial charge in [-0.2, -0.15) is 0 Å². The number of ether oxygens (including phenoxy) is 3. The molecule has 0 fully saturated rings. The number of nitrogens with zero attached hydrogens (tertiary/aromatic N) is 1. The first-order chi connectivity index (χ1) is 21.5. The second kappa shape index (κ2) is 34.1. The van der Waals surface area contributed by atoms with Crippen LogP contribution in [-0.4, -0.2) is 57.0 Å². The van der Waals surface area contributed by atoms with Gasteiger partial charge in [0.05, 0.1) is 6.61 Å². The first kappa shape index (κ1) is 42.2. The third-order valence-electron chi connectivity index (χ3n) is 7.94. The van der Waals surface area contributed by atoms with Crippen molar-refractivity contribution >= 4 is 12.1 Å². The number of allylic oxidation sites excluding steroid dienone is 4. The molecule has 0 amide bonds. The van der Waals surface area contributed by atoms with Crippen LogP contribution in [0.25, 0.3) is 0 Å². The molecule has 0 heterocycles. The Bertz CT molecular complexity index is 691.